The number of rotatable bonds is 5. The predicted octanol–water partition coefficient (Wildman–Crippen LogP) is 2.91. The maximum absolute atomic E-state index is 12.5. The van der Waals surface area contributed by atoms with Crippen molar-refractivity contribution in [1.29, 1.82) is 5.26 Å². The van der Waals surface area contributed by atoms with E-state index in [0.29, 0.717) is 16.9 Å². The summed E-state index contributed by atoms with van der Waals surface area (Å²) in [4.78, 5) is 22.8. The number of methoxy groups -OCH3 is 1. The normalized spacial score (nSPS) is 11.2. The Morgan fingerprint density at radius 3 is 2.67 bits per heavy atom. The first-order chi connectivity index (χ1) is 11.5. The molecule has 1 atom stereocenters. The minimum atomic E-state index is -0.938. The molecule has 0 saturated heterocycles. The summed E-state index contributed by atoms with van der Waals surface area (Å²) in [5.74, 6) is -0.0891. The van der Waals surface area contributed by atoms with E-state index in [-0.39, 0.29) is 11.3 Å². The molecule has 2 aromatic carbocycles. The largest absolute Gasteiger partial charge is 0.496 e. The molecule has 0 fully saturated rings. The first-order valence-corrected chi connectivity index (χ1v) is 7.06. The van der Waals surface area contributed by atoms with Crippen LogP contribution in [0.4, 0.5) is 5.69 Å². The van der Waals surface area contributed by atoms with Crippen molar-refractivity contribution in [1.82, 2.24) is 5.32 Å². The molecule has 1 amide bonds. The van der Waals surface area contributed by atoms with Gasteiger partial charge in [0.2, 0.25) is 0 Å². The van der Waals surface area contributed by atoms with Gasteiger partial charge in [0, 0.05) is 23.3 Å². The summed E-state index contributed by atoms with van der Waals surface area (Å²) in [6.07, 6.45) is 0. The molecular formula is C17H15N3O4. The number of carbonyl (C=O) groups is 1. The topological polar surface area (TPSA) is 105 Å². The first kappa shape index (κ1) is 17.0. The highest BCUT2D eigenvalue weighted by molar-refractivity contribution is 5.96. The fourth-order valence-electron chi connectivity index (χ4n) is 2.26. The number of nitro benzene ring substituents is 1. The van der Waals surface area contributed by atoms with Gasteiger partial charge >= 0.3 is 0 Å². The van der Waals surface area contributed by atoms with Gasteiger partial charge in [-0.25, -0.2) is 0 Å². The number of para-hydroxylation sites is 1. The van der Waals surface area contributed by atoms with Gasteiger partial charge in [-0.3, -0.25) is 14.9 Å². The molecule has 0 aliphatic carbocycles. The molecule has 0 saturated carbocycles. The summed E-state index contributed by atoms with van der Waals surface area (Å²) >= 11 is 0. The van der Waals surface area contributed by atoms with Crippen molar-refractivity contribution < 1.29 is 14.5 Å². The minimum absolute atomic E-state index is 0.152. The number of benzene rings is 2. The van der Waals surface area contributed by atoms with E-state index in [1.165, 1.54) is 25.3 Å². The number of nitrogens with zero attached hydrogens (tertiary/aromatic N) is 2. The van der Waals surface area contributed by atoms with E-state index in [9.17, 15) is 20.2 Å². The number of hydrogen-bond donors (Lipinski definition) is 1. The highest BCUT2D eigenvalue weighted by Crippen LogP contribution is 2.25. The summed E-state index contributed by atoms with van der Waals surface area (Å²) in [6.45, 7) is 1.67. The van der Waals surface area contributed by atoms with E-state index in [4.69, 9.17) is 4.74 Å². The van der Waals surface area contributed by atoms with Crippen LogP contribution in [0, 0.1) is 28.4 Å². The second-order valence-electron chi connectivity index (χ2n) is 5.03. The molecule has 0 aliphatic heterocycles. The van der Waals surface area contributed by atoms with Crippen molar-refractivity contribution in [2.45, 2.75) is 13.0 Å². The molecule has 1 unspecified atom stereocenters. The van der Waals surface area contributed by atoms with Crippen LogP contribution in [-0.4, -0.2) is 17.9 Å². The standard InChI is InChI=1S/C17H15N3O4/c1-11-7-8-12(20(22)23)9-14(11)17(21)19-15(10-18)13-5-3-4-6-16(13)24-2/h3-9,15H,1-2H3,(H,19,21). The number of non-ortho nitro benzene ring substituents is 1. The van der Waals surface area contributed by atoms with Gasteiger partial charge in [-0.15, -0.1) is 0 Å². The summed E-state index contributed by atoms with van der Waals surface area (Å²) in [6, 6.07) is 11.9. The lowest BCUT2D eigenvalue weighted by atomic mass is 10.0. The van der Waals surface area contributed by atoms with Crippen molar-refractivity contribution in [3.63, 3.8) is 0 Å². The van der Waals surface area contributed by atoms with Gasteiger partial charge in [-0.1, -0.05) is 24.3 Å². The lowest BCUT2D eigenvalue weighted by molar-refractivity contribution is -0.384. The fourth-order valence-corrected chi connectivity index (χ4v) is 2.26. The van der Waals surface area contributed by atoms with Crippen molar-refractivity contribution in [2.75, 3.05) is 7.11 Å². The van der Waals surface area contributed by atoms with Crippen LogP contribution in [0.2, 0.25) is 0 Å². The molecule has 0 bridgehead atoms. The molecule has 0 aliphatic rings. The Morgan fingerprint density at radius 1 is 1.33 bits per heavy atom. The van der Waals surface area contributed by atoms with E-state index < -0.39 is 16.9 Å². The third kappa shape index (κ3) is 3.50. The lowest BCUT2D eigenvalue weighted by Gasteiger charge is -2.15. The summed E-state index contributed by atoms with van der Waals surface area (Å²) in [5, 5.41) is 22.8. The van der Waals surface area contributed by atoms with E-state index >= 15 is 0 Å². The maximum Gasteiger partial charge on any atom is 0.270 e. The van der Waals surface area contributed by atoms with Crippen molar-refractivity contribution in [3.05, 3.63) is 69.3 Å². The van der Waals surface area contributed by atoms with Crippen LogP contribution in [0.5, 0.6) is 5.75 Å². The molecule has 2 aromatic rings. The molecule has 0 spiro atoms. The number of carbonyl (C=O) groups excluding carboxylic acids is 1. The second kappa shape index (κ2) is 7.24. The first-order valence-electron chi connectivity index (χ1n) is 7.06. The molecule has 122 valence electrons. The summed E-state index contributed by atoms with van der Waals surface area (Å²) in [7, 11) is 1.47. The molecule has 1 N–H and O–H groups in total. The summed E-state index contributed by atoms with van der Waals surface area (Å²) in [5.41, 5.74) is 1.06. The zero-order valence-electron chi connectivity index (χ0n) is 13.1. The van der Waals surface area contributed by atoms with Crippen LogP contribution in [-0.2, 0) is 0 Å². The zero-order chi connectivity index (χ0) is 17.7. The Morgan fingerprint density at radius 2 is 2.04 bits per heavy atom. The number of nitriles is 1. The average molecular weight is 325 g/mol. The molecule has 0 aromatic heterocycles. The van der Waals surface area contributed by atoms with Crippen molar-refractivity contribution >= 4 is 11.6 Å². The van der Waals surface area contributed by atoms with Gasteiger partial charge in [-0.05, 0) is 18.6 Å². The molecule has 7 heteroatoms. The number of ether oxygens (including phenoxy) is 1. The molecule has 0 heterocycles. The van der Waals surface area contributed by atoms with Crippen LogP contribution < -0.4 is 10.1 Å². The predicted molar refractivity (Wildman–Crippen MR) is 86.6 cm³/mol. The highest BCUT2D eigenvalue weighted by Gasteiger charge is 2.21. The van der Waals surface area contributed by atoms with Gasteiger partial charge in [0.15, 0.2) is 0 Å². The van der Waals surface area contributed by atoms with Gasteiger partial charge in [0.05, 0.1) is 18.1 Å². The van der Waals surface area contributed by atoms with Crippen LogP contribution >= 0.6 is 0 Å². The quantitative estimate of drug-likeness (QED) is 0.672. The van der Waals surface area contributed by atoms with Crippen molar-refractivity contribution in [2.24, 2.45) is 0 Å². The van der Waals surface area contributed by atoms with Gasteiger partial charge in [0.25, 0.3) is 11.6 Å². The number of aryl methyl sites for hydroxylation is 1. The van der Waals surface area contributed by atoms with E-state index in [0.717, 1.165) is 0 Å². The van der Waals surface area contributed by atoms with Crippen LogP contribution in [0.15, 0.2) is 42.5 Å². The SMILES string of the molecule is COc1ccccc1C(C#N)NC(=O)c1cc([N+](=O)[O-])ccc1C. The Bertz CT molecular complexity index is 827. The monoisotopic (exact) mass is 325 g/mol. The second-order valence-corrected chi connectivity index (χ2v) is 5.03. The Kier molecular flexibility index (Phi) is 5.12. The van der Waals surface area contributed by atoms with Crippen LogP contribution in [0.3, 0.4) is 0 Å². The van der Waals surface area contributed by atoms with Gasteiger partial charge < -0.3 is 10.1 Å². The van der Waals surface area contributed by atoms with E-state index in [1.807, 2.05) is 6.07 Å². The zero-order valence-corrected chi connectivity index (χ0v) is 13.1. The Labute approximate surface area is 138 Å². The van der Waals surface area contributed by atoms with Gasteiger partial charge in [0.1, 0.15) is 11.8 Å². The Balaban J connectivity index is 2.32. The van der Waals surface area contributed by atoms with E-state index in [2.05, 4.69) is 5.32 Å². The molecule has 24 heavy (non-hydrogen) atoms. The lowest BCUT2D eigenvalue weighted by Crippen LogP contribution is -2.28. The average Bonchev–Trinajstić information content (AvgIpc) is 2.59. The number of nitrogens with one attached hydrogen (secondary N) is 1. The maximum atomic E-state index is 12.5. The van der Waals surface area contributed by atoms with E-state index in [1.54, 1.807) is 31.2 Å². The Hall–Kier alpha value is -3.40. The van der Waals surface area contributed by atoms with Crippen LogP contribution in [0.25, 0.3) is 0 Å². The molecule has 7 nitrogen and oxygen atoms in total. The third-order valence-electron chi connectivity index (χ3n) is 3.53. The number of hydrogen-bond acceptors (Lipinski definition) is 5. The van der Waals surface area contributed by atoms with Gasteiger partial charge in [-0.2, -0.15) is 5.26 Å². The molecular weight excluding hydrogens is 310 g/mol. The van der Waals surface area contributed by atoms with Crippen LogP contribution in [0.1, 0.15) is 27.5 Å². The number of amides is 1. The fraction of sp³-hybridized carbons (Fsp3) is 0.176. The third-order valence-corrected chi connectivity index (χ3v) is 3.53. The minimum Gasteiger partial charge on any atom is -0.496 e. The summed E-state index contributed by atoms with van der Waals surface area (Å²) < 4.78 is 5.20. The smallest absolute Gasteiger partial charge is 0.270 e. The number of nitro groups is 1. The molecule has 0 radical (unpaired) electrons. The highest BCUT2D eigenvalue weighted by atomic mass is 16.6. The molecule has 2 rings (SSSR count). The van der Waals surface area contributed by atoms with Crippen molar-refractivity contribution in [3.8, 4) is 11.8 Å².